The molecule has 0 spiro atoms. The van der Waals surface area contributed by atoms with Crippen LogP contribution in [0, 0.1) is 5.41 Å². The van der Waals surface area contributed by atoms with E-state index in [1.807, 2.05) is 45.0 Å². The molecule has 0 atom stereocenters. The van der Waals surface area contributed by atoms with Crippen LogP contribution in [0.15, 0.2) is 33.3 Å². The Labute approximate surface area is 178 Å². The number of amides is 1. The highest BCUT2D eigenvalue weighted by Gasteiger charge is 2.44. The fourth-order valence-corrected chi connectivity index (χ4v) is 4.01. The fourth-order valence-electron chi connectivity index (χ4n) is 3.61. The number of nitrogens with zero attached hydrogens (tertiary/aromatic N) is 2. The second-order valence-electron chi connectivity index (χ2n) is 8.56. The van der Waals surface area contributed by atoms with Gasteiger partial charge in [0.2, 0.25) is 11.7 Å². The van der Waals surface area contributed by atoms with Crippen molar-refractivity contribution < 1.29 is 18.8 Å². The van der Waals surface area contributed by atoms with Crippen molar-refractivity contribution in [2.24, 2.45) is 5.41 Å². The second-order valence-corrected chi connectivity index (χ2v) is 9.48. The molecule has 1 fully saturated rings. The first kappa shape index (κ1) is 21.5. The molecule has 1 saturated carbocycles. The summed E-state index contributed by atoms with van der Waals surface area (Å²) in [5.74, 6) is 0.144. The van der Waals surface area contributed by atoms with Crippen LogP contribution in [0.3, 0.4) is 0 Å². The smallest absolute Gasteiger partial charge is 0.313 e. The molecule has 1 amide bonds. The number of carbonyl (C=O) groups is 2. The van der Waals surface area contributed by atoms with Gasteiger partial charge in [-0.1, -0.05) is 46.1 Å². The van der Waals surface area contributed by atoms with Gasteiger partial charge in [-0.2, -0.15) is 4.98 Å². The van der Waals surface area contributed by atoms with Crippen LogP contribution in [0.4, 0.5) is 0 Å². The first-order valence-electron chi connectivity index (χ1n) is 9.74. The number of benzene rings is 1. The first-order chi connectivity index (χ1) is 13.7. The molecular formula is C21H26BrN3O4. The molecule has 0 bridgehead atoms. The molecule has 29 heavy (non-hydrogen) atoms. The van der Waals surface area contributed by atoms with Crippen molar-refractivity contribution in [3.8, 4) is 11.4 Å². The number of hydrogen-bond acceptors (Lipinski definition) is 6. The number of hydrogen-bond donors (Lipinski definition) is 1. The zero-order valence-corrected chi connectivity index (χ0v) is 18.5. The van der Waals surface area contributed by atoms with E-state index in [9.17, 15) is 9.59 Å². The predicted molar refractivity (Wildman–Crippen MR) is 111 cm³/mol. The van der Waals surface area contributed by atoms with Crippen molar-refractivity contribution in [1.82, 2.24) is 15.5 Å². The third kappa shape index (κ3) is 5.65. The van der Waals surface area contributed by atoms with E-state index in [4.69, 9.17) is 9.26 Å². The van der Waals surface area contributed by atoms with Gasteiger partial charge in [-0.15, -0.1) is 0 Å². The van der Waals surface area contributed by atoms with Crippen molar-refractivity contribution in [3.05, 3.63) is 34.6 Å². The Balaban J connectivity index is 1.63. The number of nitrogens with one attached hydrogen (secondary N) is 1. The molecular weight excluding hydrogens is 438 g/mol. The monoisotopic (exact) mass is 463 g/mol. The van der Waals surface area contributed by atoms with Crippen LogP contribution in [-0.2, 0) is 20.9 Å². The minimum atomic E-state index is -0.775. The number of esters is 1. The van der Waals surface area contributed by atoms with Crippen molar-refractivity contribution >= 4 is 27.8 Å². The van der Waals surface area contributed by atoms with E-state index < -0.39 is 5.41 Å². The zero-order valence-electron chi connectivity index (χ0n) is 17.0. The molecule has 1 aliphatic rings. The van der Waals surface area contributed by atoms with E-state index in [-0.39, 0.29) is 36.3 Å². The van der Waals surface area contributed by atoms with E-state index in [0.29, 0.717) is 18.7 Å². The Morgan fingerprint density at radius 1 is 1.28 bits per heavy atom. The lowest BCUT2D eigenvalue weighted by Gasteiger charge is -2.28. The summed E-state index contributed by atoms with van der Waals surface area (Å²) in [7, 11) is 0. The molecule has 8 heteroatoms. The van der Waals surface area contributed by atoms with Gasteiger partial charge < -0.3 is 14.6 Å². The van der Waals surface area contributed by atoms with Crippen LogP contribution in [-0.4, -0.2) is 27.6 Å². The highest BCUT2D eigenvalue weighted by molar-refractivity contribution is 9.10. The minimum Gasteiger partial charge on any atom is -0.455 e. The molecule has 1 heterocycles. The van der Waals surface area contributed by atoms with E-state index in [1.165, 1.54) is 0 Å². The summed E-state index contributed by atoms with van der Waals surface area (Å²) in [4.78, 5) is 29.6. The molecule has 7 nitrogen and oxygen atoms in total. The lowest BCUT2D eigenvalue weighted by molar-refractivity contribution is -0.160. The summed E-state index contributed by atoms with van der Waals surface area (Å²) in [5.41, 5.74) is -0.317. The number of carbonyl (C=O) groups excluding carboxylic acids is 2. The van der Waals surface area contributed by atoms with Crippen LogP contribution in [0.2, 0.25) is 0 Å². The number of halogens is 1. The molecule has 3 rings (SSSR count). The first-order valence-corrected chi connectivity index (χ1v) is 10.5. The Morgan fingerprint density at radius 3 is 2.66 bits per heavy atom. The van der Waals surface area contributed by atoms with Gasteiger partial charge in [0.1, 0.15) is 0 Å². The van der Waals surface area contributed by atoms with Crippen LogP contribution >= 0.6 is 15.9 Å². The summed E-state index contributed by atoms with van der Waals surface area (Å²) in [6.07, 6.45) is 3.25. The van der Waals surface area contributed by atoms with Crippen LogP contribution in [0.25, 0.3) is 11.4 Å². The van der Waals surface area contributed by atoms with Crippen molar-refractivity contribution in [2.45, 2.75) is 65.0 Å². The summed E-state index contributed by atoms with van der Waals surface area (Å²) in [6, 6.07) is 7.53. The maximum Gasteiger partial charge on any atom is 0.313 e. The molecule has 0 saturated heterocycles. The van der Waals surface area contributed by atoms with Gasteiger partial charge in [0.15, 0.2) is 6.61 Å². The largest absolute Gasteiger partial charge is 0.455 e. The number of aromatic nitrogens is 2. The molecule has 1 aliphatic carbocycles. The molecule has 0 radical (unpaired) electrons. The summed E-state index contributed by atoms with van der Waals surface area (Å²) in [5, 5.41) is 6.88. The quantitative estimate of drug-likeness (QED) is 0.637. The van der Waals surface area contributed by atoms with Gasteiger partial charge >= 0.3 is 5.97 Å². The highest BCUT2D eigenvalue weighted by atomic mass is 79.9. The van der Waals surface area contributed by atoms with Gasteiger partial charge in [0.05, 0.1) is 5.41 Å². The van der Waals surface area contributed by atoms with E-state index in [2.05, 4.69) is 31.4 Å². The Hall–Kier alpha value is -2.22. The SMILES string of the molecule is CC(C)(C)NC(=O)CC1(C(=O)OCc2nc(-c3cccc(Br)c3)no2)CCCC1. The van der Waals surface area contributed by atoms with Gasteiger partial charge in [0, 0.05) is 22.0 Å². The average Bonchev–Trinajstić information content (AvgIpc) is 3.28. The van der Waals surface area contributed by atoms with Gasteiger partial charge in [-0.3, -0.25) is 9.59 Å². The molecule has 1 aromatic heterocycles. The topological polar surface area (TPSA) is 94.3 Å². The Bertz CT molecular complexity index is 882. The van der Waals surface area contributed by atoms with Crippen LogP contribution < -0.4 is 5.32 Å². The minimum absolute atomic E-state index is 0.109. The highest BCUT2D eigenvalue weighted by Crippen LogP contribution is 2.42. The second kappa shape index (κ2) is 8.65. The number of ether oxygens (including phenoxy) is 1. The lowest BCUT2D eigenvalue weighted by Crippen LogP contribution is -2.44. The van der Waals surface area contributed by atoms with Crippen molar-refractivity contribution in [1.29, 1.82) is 0 Å². The average molecular weight is 464 g/mol. The van der Waals surface area contributed by atoms with Gasteiger partial charge in [-0.25, -0.2) is 0 Å². The molecule has 1 aromatic carbocycles. The molecule has 2 aromatic rings. The van der Waals surface area contributed by atoms with Crippen LogP contribution in [0.1, 0.15) is 58.8 Å². The lowest BCUT2D eigenvalue weighted by atomic mass is 9.82. The fraction of sp³-hybridized carbons (Fsp3) is 0.524. The van der Waals surface area contributed by atoms with Gasteiger partial charge in [-0.05, 0) is 45.7 Å². The third-order valence-corrected chi connectivity index (χ3v) is 5.38. The normalized spacial score (nSPS) is 15.9. The summed E-state index contributed by atoms with van der Waals surface area (Å²) < 4.78 is 11.6. The Kier molecular flexibility index (Phi) is 6.41. The van der Waals surface area contributed by atoms with E-state index in [1.54, 1.807) is 0 Å². The standard InChI is InChI=1S/C21H26BrN3O4/c1-20(2,3)24-16(26)12-21(9-4-5-10-21)19(27)28-13-17-23-18(25-29-17)14-7-6-8-15(22)11-14/h6-8,11H,4-5,9-10,12-13H2,1-3H3,(H,24,26). The van der Waals surface area contributed by atoms with Crippen molar-refractivity contribution in [3.63, 3.8) is 0 Å². The maximum absolute atomic E-state index is 12.9. The molecule has 0 aliphatic heterocycles. The van der Waals surface area contributed by atoms with Gasteiger partial charge in [0.25, 0.3) is 5.89 Å². The molecule has 156 valence electrons. The summed E-state index contributed by atoms with van der Waals surface area (Å²) >= 11 is 3.41. The third-order valence-electron chi connectivity index (χ3n) is 4.88. The number of rotatable bonds is 6. The molecule has 1 N–H and O–H groups in total. The maximum atomic E-state index is 12.9. The predicted octanol–water partition coefficient (Wildman–Crippen LogP) is 4.41. The van der Waals surface area contributed by atoms with Crippen LogP contribution in [0.5, 0.6) is 0 Å². The van der Waals surface area contributed by atoms with Crippen molar-refractivity contribution in [2.75, 3.05) is 0 Å². The molecule has 0 unspecified atom stereocenters. The Morgan fingerprint density at radius 2 is 2.00 bits per heavy atom. The summed E-state index contributed by atoms with van der Waals surface area (Å²) in [6.45, 7) is 5.65. The van der Waals surface area contributed by atoms with E-state index in [0.717, 1.165) is 22.9 Å². The zero-order chi connectivity index (χ0) is 21.1. The van der Waals surface area contributed by atoms with E-state index >= 15 is 0 Å².